The van der Waals surface area contributed by atoms with Gasteiger partial charge in [0.15, 0.2) is 0 Å². The van der Waals surface area contributed by atoms with Gasteiger partial charge in [0, 0.05) is 11.8 Å². The van der Waals surface area contributed by atoms with E-state index in [1.165, 1.54) is 17.1 Å². The molecule has 1 unspecified atom stereocenters. The molecule has 1 rings (SSSR count). The summed E-state index contributed by atoms with van der Waals surface area (Å²) in [5, 5.41) is 12.9. The maximum atomic E-state index is 11.6. The van der Waals surface area contributed by atoms with Gasteiger partial charge in [-0.05, 0) is 6.92 Å². The van der Waals surface area contributed by atoms with Crippen molar-refractivity contribution in [2.45, 2.75) is 25.9 Å². The number of halogens is 3. The van der Waals surface area contributed by atoms with E-state index in [9.17, 15) is 13.2 Å². The molecule has 1 N–H and O–H groups in total. The maximum absolute atomic E-state index is 11.6. The van der Waals surface area contributed by atoms with Crippen molar-refractivity contribution in [1.29, 1.82) is 0 Å². The number of aromatic nitrogens is 2. The Hall–Kier alpha value is -1.08. The van der Waals surface area contributed by atoms with E-state index in [0.717, 1.165) is 0 Å². The van der Waals surface area contributed by atoms with Crippen LogP contribution < -0.4 is 0 Å². The molecular weight excluding hydrogens is 213 g/mol. The summed E-state index contributed by atoms with van der Waals surface area (Å²) in [6, 6.07) is 0. The zero-order chi connectivity index (χ0) is 11.5. The minimum Gasteiger partial charge on any atom is -0.389 e. The van der Waals surface area contributed by atoms with Crippen molar-refractivity contribution in [2.24, 2.45) is 0 Å². The van der Waals surface area contributed by atoms with Crippen LogP contribution in [0.5, 0.6) is 0 Å². The van der Waals surface area contributed by atoms with E-state index in [2.05, 4.69) is 9.84 Å². The van der Waals surface area contributed by atoms with Gasteiger partial charge in [-0.3, -0.25) is 9.42 Å². The Balaban J connectivity index is 2.38. The van der Waals surface area contributed by atoms with Crippen LogP contribution in [0.3, 0.4) is 0 Å². The second kappa shape index (κ2) is 4.63. The van der Waals surface area contributed by atoms with Crippen molar-refractivity contribution in [3.63, 3.8) is 0 Å². The lowest BCUT2D eigenvalue weighted by atomic mass is 10.2. The van der Waals surface area contributed by atoms with Crippen LogP contribution in [0.4, 0.5) is 13.2 Å². The van der Waals surface area contributed by atoms with E-state index in [1.807, 2.05) is 0 Å². The Kier molecular flexibility index (Phi) is 3.70. The molecule has 0 saturated heterocycles. The van der Waals surface area contributed by atoms with Gasteiger partial charge >= 0.3 is 6.36 Å². The number of hydrogen-bond donors (Lipinski definition) is 1. The molecule has 0 amide bonds. The molecule has 0 aliphatic rings. The van der Waals surface area contributed by atoms with Crippen LogP contribution in [0.25, 0.3) is 0 Å². The van der Waals surface area contributed by atoms with Gasteiger partial charge in [-0.25, -0.2) is 0 Å². The number of nitrogens with zero attached hydrogens (tertiary/aromatic N) is 2. The van der Waals surface area contributed by atoms with Crippen LogP contribution in [0, 0.1) is 0 Å². The highest BCUT2D eigenvalue weighted by atomic mass is 19.4. The lowest BCUT2D eigenvalue weighted by Crippen LogP contribution is -2.17. The third-order valence-corrected chi connectivity index (χ3v) is 1.72. The van der Waals surface area contributed by atoms with Gasteiger partial charge in [-0.2, -0.15) is 5.10 Å². The van der Waals surface area contributed by atoms with Crippen LogP contribution >= 0.6 is 0 Å². The predicted molar refractivity (Wildman–Crippen MR) is 44.9 cm³/mol. The summed E-state index contributed by atoms with van der Waals surface area (Å²) in [6.07, 6.45) is -2.41. The first-order valence-electron chi connectivity index (χ1n) is 4.29. The quantitative estimate of drug-likeness (QED) is 0.842. The first-order valence-corrected chi connectivity index (χ1v) is 4.29. The number of aliphatic hydroxyl groups excluding tert-OH is 1. The van der Waals surface area contributed by atoms with Gasteiger partial charge in [0.05, 0.1) is 25.5 Å². The van der Waals surface area contributed by atoms with Crippen LogP contribution in [0.2, 0.25) is 0 Å². The normalized spacial score (nSPS) is 14.2. The largest absolute Gasteiger partial charge is 0.522 e. The van der Waals surface area contributed by atoms with Crippen molar-refractivity contribution < 1.29 is 23.0 Å². The molecular formula is C8H11F3N2O2. The van der Waals surface area contributed by atoms with Gasteiger partial charge in [0.25, 0.3) is 0 Å². The first kappa shape index (κ1) is 12.0. The summed E-state index contributed by atoms with van der Waals surface area (Å²) >= 11 is 0. The van der Waals surface area contributed by atoms with E-state index < -0.39 is 19.1 Å². The third kappa shape index (κ3) is 4.30. The lowest BCUT2D eigenvalue weighted by Gasteiger charge is -2.06. The molecule has 0 aliphatic heterocycles. The highest BCUT2D eigenvalue weighted by Crippen LogP contribution is 2.16. The van der Waals surface area contributed by atoms with Crippen molar-refractivity contribution in [2.75, 3.05) is 6.61 Å². The summed E-state index contributed by atoms with van der Waals surface area (Å²) in [5.74, 6) is 0. The average molecular weight is 224 g/mol. The molecule has 1 aromatic heterocycles. The molecule has 0 aromatic carbocycles. The van der Waals surface area contributed by atoms with Crippen LogP contribution in [0.1, 0.15) is 18.6 Å². The van der Waals surface area contributed by atoms with Gasteiger partial charge in [0.2, 0.25) is 0 Å². The fourth-order valence-corrected chi connectivity index (χ4v) is 0.972. The highest BCUT2D eigenvalue weighted by Gasteiger charge is 2.28. The van der Waals surface area contributed by atoms with Crippen molar-refractivity contribution in [3.05, 3.63) is 18.0 Å². The molecule has 0 radical (unpaired) electrons. The fourth-order valence-electron chi connectivity index (χ4n) is 0.972. The zero-order valence-corrected chi connectivity index (χ0v) is 8.03. The topological polar surface area (TPSA) is 47.3 Å². The minimum atomic E-state index is -4.61. The predicted octanol–water partition coefficient (Wildman–Crippen LogP) is 1.47. The van der Waals surface area contributed by atoms with E-state index in [0.29, 0.717) is 5.56 Å². The fraction of sp³-hybridized carbons (Fsp3) is 0.625. The minimum absolute atomic E-state index is 0.00771. The van der Waals surface area contributed by atoms with Gasteiger partial charge in [-0.1, -0.05) is 0 Å². The Morgan fingerprint density at radius 1 is 1.60 bits per heavy atom. The summed E-state index contributed by atoms with van der Waals surface area (Å²) in [7, 11) is 0. The standard InChI is InChI=1S/C8H11F3N2O2/c1-6(14)7-4-12-13(5-7)2-3-15-8(9,10)11/h4-6,14H,2-3H2,1H3. The SMILES string of the molecule is CC(O)c1cnn(CCOC(F)(F)F)c1. The van der Waals surface area contributed by atoms with E-state index in [-0.39, 0.29) is 6.54 Å². The summed E-state index contributed by atoms with van der Waals surface area (Å²) in [4.78, 5) is 0. The molecule has 4 nitrogen and oxygen atoms in total. The molecule has 0 spiro atoms. The van der Waals surface area contributed by atoms with Crippen molar-refractivity contribution in [3.8, 4) is 0 Å². The highest BCUT2D eigenvalue weighted by molar-refractivity contribution is 5.06. The molecule has 1 heterocycles. The van der Waals surface area contributed by atoms with Crippen LogP contribution in [-0.2, 0) is 11.3 Å². The van der Waals surface area contributed by atoms with Gasteiger partial charge < -0.3 is 5.11 Å². The average Bonchev–Trinajstić information content (AvgIpc) is 2.50. The Labute approximate surface area is 84.3 Å². The number of rotatable bonds is 4. The van der Waals surface area contributed by atoms with E-state index in [1.54, 1.807) is 6.92 Å². The smallest absolute Gasteiger partial charge is 0.389 e. The Morgan fingerprint density at radius 2 is 2.27 bits per heavy atom. The monoisotopic (exact) mass is 224 g/mol. The summed E-state index contributed by atoms with van der Waals surface area (Å²) in [5.41, 5.74) is 0.557. The zero-order valence-electron chi connectivity index (χ0n) is 8.03. The maximum Gasteiger partial charge on any atom is 0.522 e. The molecule has 1 aromatic rings. The molecule has 0 fully saturated rings. The Morgan fingerprint density at radius 3 is 2.73 bits per heavy atom. The molecule has 7 heteroatoms. The van der Waals surface area contributed by atoms with Crippen molar-refractivity contribution in [1.82, 2.24) is 9.78 Å². The second-order valence-electron chi connectivity index (χ2n) is 3.01. The van der Waals surface area contributed by atoms with E-state index in [4.69, 9.17) is 5.11 Å². The number of alkyl halides is 3. The lowest BCUT2D eigenvalue weighted by molar-refractivity contribution is -0.325. The Bertz CT molecular complexity index is 309. The summed E-state index contributed by atoms with van der Waals surface area (Å²) < 4.78 is 39.7. The molecule has 0 bridgehead atoms. The number of ether oxygens (including phenoxy) is 1. The second-order valence-corrected chi connectivity index (χ2v) is 3.01. The molecule has 0 saturated carbocycles. The molecule has 1 atom stereocenters. The number of aliphatic hydroxyl groups is 1. The number of hydrogen-bond acceptors (Lipinski definition) is 3. The molecule has 0 aliphatic carbocycles. The molecule has 86 valence electrons. The van der Waals surface area contributed by atoms with Crippen molar-refractivity contribution >= 4 is 0 Å². The first-order chi connectivity index (χ1) is 6.88. The van der Waals surface area contributed by atoms with Crippen LogP contribution in [-0.4, -0.2) is 27.9 Å². The van der Waals surface area contributed by atoms with Gasteiger partial charge in [0.1, 0.15) is 0 Å². The van der Waals surface area contributed by atoms with Gasteiger partial charge in [-0.15, -0.1) is 13.2 Å². The van der Waals surface area contributed by atoms with Crippen LogP contribution in [0.15, 0.2) is 12.4 Å². The molecule has 15 heavy (non-hydrogen) atoms. The summed E-state index contributed by atoms with van der Waals surface area (Å²) in [6.45, 7) is 1.05. The van der Waals surface area contributed by atoms with E-state index >= 15 is 0 Å². The third-order valence-electron chi connectivity index (χ3n) is 1.72.